The highest BCUT2D eigenvalue weighted by molar-refractivity contribution is 7.89. The molecule has 6 nitrogen and oxygen atoms in total. The molecule has 1 aliphatic rings. The van der Waals surface area contributed by atoms with Gasteiger partial charge in [-0.25, -0.2) is 17.9 Å². The van der Waals surface area contributed by atoms with Crippen molar-refractivity contribution in [1.29, 1.82) is 0 Å². The highest BCUT2D eigenvalue weighted by Crippen LogP contribution is 2.26. The number of hydrogen-bond donors (Lipinski definition) is 3. The Hall–Kier alpha value is -2.64. The summed E-state index contributed by atoms with van der Waals surface area (Å²) in [6.07, 6.45) is 7.28. The summed E-state index contributed by atoms with van der Waals surface area (Å²) in [5.74, 6) is -1.18. The van der Waals surface area contributed by atoms with E-state index in [0.717, 1.165) is 24.8 Å². The Morgan fingerprint density at radius 1 is 1.13 bits per heavy atom. The number of nitrogens with one attached hydrogen (secondary N) is 2. The molecule has 0 radical (unpaired) electrons. The lowest BCUT2D eigenvalue weighted by Gasteiger charge is -2.18. The molecule has 0 saturated carbocycles. The van der Waals surface area contributed by atoms with Crippen molar-refractivity contribution in [1.82, 2.24) is 4.72 Å². The number of carbonyl (C=O) groups is 1. The fraction of sp³-hybridized carbons (Fsp3) is 0.348. The smallest absolute Gasteiger partial charge is 0.337 e. The second-order valence-electron chi connectivity index (χ2n) is 7.55. The highest BCUT2D eigenvalue weighted by atomic mass is 32.2. The third-order valence-electron chi connectivity index (χ3n) is 5.33. The molecule has 1 aliphatic carbocycles. The molecule has 7 heteroatoms. The third-order valence-corrected chi connectivity index (χ3v) is 6.79. The number of aromatic carboxylic acids is 1. The van der Waals surface area contributed by atoms with Gasteiger partial charge in [0.2, 0.25) is 10.0 Å². The molecular formula is C23H28N2O4S. The SMILES string of the molecule is C[C@H](Nc1ccc(S(=O)(=O)NCCC2=CCCCC2)cc1C(=O)O)c1ccccc1. The first kappa shape index (κ1) is 22.1. The minimum atomic E-state index is -3.78. The number of hydrogen-bond acceptors (Lipinski definition) is 4. The zero-order chi connectivity index (χ0) is 21.6. The normalized spacial score (nSPS) is 15.3. The van der Waals surface area contributed by atoms with Crippen LogP contribution < -0.4 is 10.0 Å². The summed E-state index contributed by atoms with van der Waals surface area (Å²) in [5, 5.41) is 12.8. The van der Waals surface area contributed by atoms with Gasteiger partial charge in [0.15, 0.2) is 0 Å². The molecule has 0 bridgehead atoms. The van der Waals surface area contributed by atoms with E-state index in [4.69, 9.17) is 0 Å². The first-order valence-electron chi connectivity index (χ1n) is 10.2. The molecule has 0 aromatic heterocycles. The molecule has 0 unspecified atom stereocenters. The number of sulfonamides is 1. The van der Waals surface area contributed by atoms with E-state index in [9.17, 15) is 18.3 Å². The van der Waals surface area contributed by atoms with E-state index in [0.29, 0.717) is 18.7 Å². The van der Waals surface area contributed by atoms with Gasteiger partial charge in [-0.05, 0) is 62.8 Å². The van der Waals surface area contributed by atoms with E-state index < -0.39 is 16.0 Å². The molecule has 0 spiro atoms. The average Bonchev–Trinajstić information content (AvgIpc) is 2.75. The number of allylic oxidation sites excluding steroid dienone is 1. The Bertz CT molecular complexity index is 1020. The summed E-state index contributed by atoms with van der Waals surface area (Å²) in [7, 11) is -3.78. The molecule has 0 heterocycles. The van der Waals surface area contributed by atoms with E-state index in [1.165, 1.54) is 30.2 Å². The van der Waals surface area contributed by atoms with Crippen LogP contribution in [0.15, 0.2) is 65.1 Å². The molecule has 0 saturated heterocycles. The Morgan fingerprint density at radius 3 is 2.57 bits per heavy atom. The van der Waals surface area contributed by atoms with Crippen molar-refractivity contribution in [2.45, 2.75) is 50.0 Å². The maximum Gasteiger partial charge on any atom is 0.337 e. The molecule has 3 N–H and O–H groups in total. The van der Waals surface area contributed by atoms with Gasteiger partial charge < -0.3 is 10.4 Å². The quantitative estimate of drug-likeness (QED) is 0.502. The van der Waals surface area contributed by atoms with Crippen LogP contribution in [0.2, 0.25) is 0 Å². The number of rotatable bonds is 9. The summed E-state index contributed by atoms with van der Waals surface area (Å²) < 4.78 is 27.9. The Kier molecular flexibility index (Phi) is 7.29. The van der Waals surface area contributed by atoms with Gasteiger partial charge in [0.1, 0.15) is 0 Å². The Balaban J connectivity index is 1.73. The molecule has 1 atom stereocenters. The van der Waals surface area contributed by atoms with Gasteiger partial charge in [0, 0.05) is 18.3 Å². The fourth-order valence-electron chi connectivity index (χ4n) is 3.61. The van der Waals surface area contributed by atoms with Crippen LogP contribution in [0.4, 0.5) is 5.69 Å². The van der Waals surface area contributed by atoms with Gasteiger partial charge in [-0.15, -0.1) is 0 Å². The fourth-order valence-corrected chi connectivity index (χ4v) is 4.67. The third kappa shape index (κ3) is 5.70. The number of carboxylic acids is 1. The molecule has 3 rings (SSSR count). The standard InChI is InChI=1S/C23H28N2O4S/c1-17(19-10-6-3-7-11-19)25-22-13-12-20(16-21(22)23(26)27)30(28,29)24-15-14-18-8-4-2-5-9-18/h3,6-8,10-13,16-17,24-25H,2,4-5,9,14-15H2,1H3,(H,26,27)/t17-/m0/s1. The maximum absolute atomic E-state index is 12.7. The maximum atomic E-state index is 12.7. The van der Waals surface area contributed by atoms with Crippen molar-refractivity contribution < 1.29 is 18.3 Å². The van der Waals surface area contributed by atoms with Crippen molar-refractivity contribution in [3.8, 4) is 0 Å². The van der Waals surface area contributed by atoms with Crippen molar-refractivity contribution in [3.05, 3.63) is 71.3 Å². The van der Waals surface area contributed by atoms with Gasteiger partial charge in [-0.1, -0.05) is 42.0 Å². The van der Waals surface area contributed by atoms with E-state index in [2.05, 4.69) is 16.1 Å². The lowest BCUT2D eigenvalue weighted by atomic mass is 9.97. The molecule has 0 aliphatic heterocycles. The summed E-state index contributed by atoms with van der Waals surface area (Å²) in [5.41, 5.74) is 2.59. The Labute approximate surface area is 178 Å². The van der Waals surface area contributed by atoms with E-state index in [1.807, 2.05) is 37.3 Å². The first-order chi connectivity index (χ1) is 14.4. The van der Waals surface area contributed by atoms with Crippen molar-refractivity contribution in [2.75, 3.05) is 11.9 Å². The highest BCUT2D eigenvalue weighted by Gasteiger charge is 2.20. The van der Waals surface area contributed by atoms with Crippen LogP contribution in [-0.2, 0) is 10.0 Å². The lowest BCUT2D eigenvalue weighted by molar-refractivity contribution is 0.0697. The van der Waals surface area contributed by atoms with Crippen LogP contribution in [0.25, 0.3) is 0 Å². The molecule has 160 valence electrons. The van der Waals surface area contributed by atoms with Crippen LogP contribution in [0.1, 0.15) is 61.0 Å². The van der Waals surface area contributed by atoms with Crippen LogP contribution >= 0.6 is 0 Å². The predicted octanol–water partition coefficient (Wildman–Crippen LogP) is 4.73. The molecule has 30 heavy (non-hydrogen) atoms. The van der Waals surface area contributed by atoms with Crippen molar-refractivity contribution in [2.24, 2.45) is 0 Å². The predicted molar refractivity (Wildman–Crippen MR) is 118 cm³/mol. The summed E-state index contributed by atoms with van der Waals surface area (Å²) in [4.78, 5) is 11.7. The minimum Gasteiger partial charge on any atom is -0.478 e. The van der Waals surface area contributed by atoms with E-state index in [-0.39, 0.29) is 16.5 Å². The number of benzene rings is 2. The van der Waals surface area contributed by atoms with E-state index in [1.54, 1.807) is 0 Å². The van der Waals surface area contributed by atoms with Gasteiger partial charge in [-0.2, -0.15) is 0 Å². The second kappa shape index (κ2) is 9.91. The van der Waals surface area contributed by atoms with Crippen LogP contribution in [0, 0.1) is 0 Å². The van der Waals surface area contributed by atoms with Crippen molar-refractivity contribution >= 4 is 21.7 Å². The molecular weight excluding hydrogens is 400 g/mol. The van der Waals surface area contributed by atoms with Crippen LogP contribution in [0.3, 0.4) is 0 Å². The molecule has 2 aromatic carbocycles. The van der Waals surface area contributed by atoms with Crippen LogP contribution in [-0.4, -0.2) is 26.0 Å². The van der Waals surface area contributed by atoms with Crippen molar-refractivity contribution in [3.63, 3.8) is 0 Å². The van der Waals surface area contributed by atoms with Gasteiger partial charge in [0.05, 0.1) is 10.5 Å². The number of anilines is 1. The summed E-state index contributed by atoms with van der Waals surface area (Å²) >= 11 is 0. The van der Waals surface area contributed by atoms with Gasteiger partial charge in [0.25, 0.3) is 0 Å². The second-order valence-corrected chi connectivity index (χ2v) is 9.31. The zero-order valence-corrected chi connectivity index (χ0v) is 17.9. The molecule has 2 aromatic rings. The monoisotopic (exact) mass is 428 g/mol. The van der Waals surface area contributed by atoms with Gasteiger partial charge >= 0.3 is 5.97 Å². The Morgan fingerprint density at radius 2 is 1.90 bits per heavy atom. The van der Waals surface area contributed by atoms with Gasteiger partial charge in [-0.3, -0.25) is 0 Å². The topological polar surface area (TPSA) is 95.5 Å². The summed E-state index contributed by atoms with van der Waals surface area (Å²) in [6, 6.07) is 13.7. The summed E-state index contributed by atoms with van der Waals surface area (Å²) in [6.45, 7) is 2.23. The first-order valence-corrected chi connectivity index (χ1v) is 11.7. The molecule has 0 fully saturated rings. The largest absolute Gasteiger partial charge is 0.478 e. The number of carboxylic acid groups (broad SMARTS) is 1. The zero-order valence-electron chi connectivity index (χ0n) is 17.1. The lowest BCUT2D eigenvalue weighted by Crippen LogP contribution is -2.25. The van der Waals surface area contributed by atoms with E-state index >= 15 is 0 Å². The average molecular weight is 429 g/mol. The van der Waals surface area contributed by atoms with Crippen LogP contribution in [0.5, 0.6) is 0 Å². The molecule has 0 amide bonds. The minimum absolute atomic E-state index is 0.0459.